The Balaban J connectivity index is 0.00000205. The molecular formula is C23H15N2O2SZn-. The zero-order valence-electron chi connectivity index (χ0n) is 15.5. The summed E-state index contributed by atoms with van der Waals surface area (Å²) in [5.41, 5.74) is 1.14. The fraction of sp³-hybridized carbons (Fsp3) is 0. The number of hydrogen-bond donors (Lipinski definition) is 0. The van der Waals surface area contributed by atoms with Crippen LogP contribution in [0.3, 0.4) is 0 Å². The van der Waals surface area contributed by atoms with E-state index in [9.17, 15) is 8.42 Å². The monoisotopic (exact) mass is 447 g/mol. The molecule has 0 fully saturated rings. The molecule has 4 aromatic carbocycles. The summed E-state index contributed by atoms with van der Waals surface area (Å²) in [5, 5.41) is 4.12. The molecule has 6 heteroatoms. The van der Waals surface area contributed by atoms with E-state index in [-0.39, 0.29) is 24.4 Å². The minimum atomic E-state index is -3.90. The number of rotatable bonds is 3. The van der Waals surface area contributed by atoms with Crippen molar-refractivity contribution >= 4 is 48.2 Å². The Morgan fingerprint density at radius 3 is 2.28 bits per heavy atom. The Morgan fingerprint density at radius 1 is 0.690 bits per heavy atom. The third-order valence-corrected chi connectivity index (χ3v) is 6.19. The zero-order valence-corrected chi connectivity index (χ0v) is 19.3. The molecule has 4 nitrogen and oxygen atoms in total. The predicted molar refractivity (Wildman–Crippen MR) is 113 cm³/mol. The van der Waals surface area contributed by atoms with Gasteiger partial charge in [-0.05, 0) is 33.7 Å². The summed E-state index contributed by atoms with van der Waals surface area (Å²) in [5.74, 6) is 0. The molecule has 0 unspecified atom stereocenters. The molecule has 5 rings (SSSR count). The smallest absolute Gasteiger partial charge is 0.123 e. The molecule has 138 valence electrons. The topological polar surface area (TPSA) is 61.1 Å². The van der Waals surface area contributed by atoms with Gasteiger partial charge in [0, 0.05) is 31.1 Å². The van der Waals surface area contributed by atoms with Crippen LogP contribution in [0.2, 0.25) is 0 Å². The van der Waals surface area contributed by atoms with Gasteiger partial charge >= 0.3 is 0 Å². The Kier molecular flexibility index (Phi) is 5.07. The number of hydrogen-bond acceptors (Lipinski definition) is 3. The molecule has 0 amide bonds. The van der Waals surface area contributed by atoms with Crippen molar-refractivity contribution < 1.29 is 27.9 Å². The van der Waals surface area contributed by atoms with Crippen LogP contribution in [0.5, 0.6) is 0 Å². The Hall–Kier alpha value is -2.82. The van der Waals surface area contributed by atoms with Crippen LogP contribution < -0.4 is 0 Å². The average molecular weight is 449 g/mol. The molecule has 0 N–H and O–H groups in total. The Morgan fingerprint density at radius 2 is 1.38 bits per heavy atom. The maximum Gasteiger partial charge on any atom is 0.123 e. The SMILES string of the molecule is O=S(=O)([N-]c1cccc2ccc3cccnc3c12)c1cccc2ccccc12.[Zn]. The van der Waals surface area contributed by atoms with E-state index in [1.54, 1.807) is 30.5 Å². The van der Waals surface area contributed by atoms with Crippen molar-refractivity contribution in [1.82, 2.24) is 4.98 Å². The van der Waals surface area contributed by atoms with Crippen LogP contribution >= 0.6 is 0 Å². The number of benzene rings is 4. The molecule has 0 aliphatic rings. The summed E-state index contributed by atoms with van der Waals surface area (Å²) in [6.07, 6.45) is 1.71. The second kappa shape index (κ2) is 7.54. The van der Waals surface area contributed by atoms with Crippen molar-refractivity contribution in [2.24, 2.45) is 0 Å². The van der Waals surface area contributed by atoms with Crippen LogP contribution in [-0.2, 0) is 29.5 Å². The first-order valence-corrected chi connectivity index (χ1v) is 10.3. The van der Waals surface area contributed by atoms with E-state index in [2.05, 4.69) is 9.71 Å². The molecule has 0 aliphatic heterocycles. The third kappa shape index (κ3) is 3.39. The standard InChI is InChI=1S/C23H15N2O2S.Zn/c26-28(27,21-12-4-7-16-6-1-2-10-19(16)21)25-20-11-3-8-17-13-14-18-9-5-15-24-23(18)22(17)20;/h1-15H;/q-1;. The normalized spacial score (nSPS) is 11.4. The molecule has 29 heavy (non-hydrogen) atoms. The quantitative estimate of drug-likeness (QED) is 0.254. The van der Waals surface area contributed by atoms with Gasteiger partial charge in [-0.2, -0.15) is 0 Å². The fourth-order valence-electron chi connectivity index (χ4n) is 3.57. The molecule has 0 bridgehead atoms. The van der Waals surface area contributed by atoms with Crippen molar-refractivity contribution in [1.29, 1.82) is 0 Å². The number of fused-ring (bicyclic) bond motifs is 4. The van der Waals surface area contributed by atoms with Crippen molar-refractivity contribution in [2.45, 2.75) is 4.90 Å². The minimum absolute atomic E-state index is 0. The maximum atomic E-state index is 13.2. The van der Waals surface area contributed by atoms with Crippen LogP contribution in [0, 0.1) is 0 Å². The second-order valence-corrected chi connectivity index (χ2v) is 8.13. The van der Waals surface area contributed by atoms with Crippen molar-refractivity contribution in [3.8, 4) is 0 Å². The van der Waals surface area contributed by atoms with Crippen LogP contribution in [0.25, 0.3) is 37.2 Å². The number of sulfonamides is 1. The summed E-state index contributed by atoms with van der Waals surface area (Å²) in [4.78, 5) is 4.67. The van der Waals surface area contributed by atoms with E-state index in [0.717, 1.165) is 27.1 Å². The van der Waals surface area contributed by atoms with Gasteiger partial charge in [0.2, 0.25) is 0 Å². The molecule has 5 aromatic rings. The van der Waals surface area contributed by atoms with Crippen molar-refractivity contribution in [3.63, 3.8) is 0 Å². The summed E-state index contributed by atoms with van der Waals surface area (Å²) >= 11 is 0. The van der Waals surface area contributed by atoms with E-state index < -0.39 is 10.0 Å². The van der Waals surface area contributed by atoms with Crippen LogP contribution in [0.4, 0.5) is 5.69 Å². The Labute approximate surface area is 181 Å². The van der Waals surface area contributed by atoms with Gasteiger partial charge in [-0.25, -0.2) is 8.42 Å². The van der Waals surface area contributed by atoms with Gasteiger partial charge in [0.05, 0.1) is 10.4 Å². The van der Waals surface area contributed by atoms with E-state index >= 15 is 0 Å². The van der Waals surface area contributed by atoms with Crippen molar-refractivity contribution in [2.75, 3.05) is 0 Å². The molecule has 1 heterocycles. The molecule has 0 spiro atoms. The largest absolute Gasteiger partial charge is 0.572 e. The van der Waals surface area contributed by atoms with Gasteiger partial charge in [-0.3, -0.25) is 4.98 Å². The average Bonchev–Trinajstić information content (AvgIpc) is 2.73. The molecule has 1 aromatic heterocycles. The van der Waals surface area contributed by atoms with Gasteiger partial charge < -0.3 is 4.72 Å². The predicted octanol–water partition coefficient (Wildman–Crippen LogP) is 5.93. The van der Waals surface area contributed by atoms with Gasteiger partial charge in [0.1, 0.15) is 10.0 Å². The second-order valence-electron chi connectivity index (χ2n) is 6.56. The number of nitrogens with zero attached hydrogens (tertiary/aromatic N) is 2. The summed E-state index contributed by atoms with van der Waals surface area (Å²) in [7, 11) is -3.90. The van der Waals surface area contributed by atoms with Gasteiger partial charge in [0.25, 0.3) is 0 Å². The minimum Gasteiger partial charge on any atom is -0.572 e. The van der Waals surface area contributed by atoms with Crippen LogP contribution in [0.15, 0.2) is 96.0 Å². The van der Waals surface area contributed by atoms with E-state index in [0.29, 0.717) is 11.1 Å². The molecule has 0 aliphatic carbocycles. The first kappa shape index (κ1) is 19.5. The number of aromatic nitrogens is 1. The van der Waals surface area contributed by atoms with Crippen LogP contribution in [-0.4, -0.2) is 13.4 Å². The molecule has 0 saturated carbocycles. The van der Waals surface area contributed by atoms with Gasteiger partial charge in [-0.1, -0.05) is 72.8 Å². The number of pyridine rings is 1. The summed E-state index contributed by atoms with van der Waals surface area (Å²) < 4.78 is 30.6. The van der Waals surface area contributed by atoms with Gasteiger partial charge in [0.15, 0.2) is 0 Å². The van der Waals surface area contributed by atoms with E-state index in [4.69, 9.17) is 0 Å². The fourth-order valence-corrected chi connectivity index (χ4v) is 4.79. The molecule has 0 atom stereocenters. The third-order valence-electron chi connectivity index (χ3n) is 4.84. The molecule has 0 saturated heterocycles. The first-order valence-electron chi connectivity index (χ1n) is 8.86. The zero-order chi connectivity index (χ0) is 19.1. The van der Waals surface area contributed by atoms with Crippen LogP contribution in [0.1, 0.15) is 0 Å². The molecule has 0 radical (unpaired) electrons. The summed E-state index contributed by atoms with van der Waals surface area (Å²) in [6, 6.07) is 25.9. The summed E-state index contributed by atoms with van der Waals surface area (Å²) in [6.45, 7) is 0. The Bertz CT molecular complexity index is 1460. The van der Waals surface area contributed by atoms with Gasteiger partial charge in [-0.15, -0.1) is 5.69 Å². The molecular weight excluding hydrogens is 434 g/mol. The maximum absolute atomic E-state index is 13.2. The van der Waals surface area contributed by atoms with E-state index in [1.165, 1.54) is 0 Å². The first-order chi connectivity index (χ1) is 13.6. The van der Waals surface area contributed by atoms with Crippen molar-refractivity contribution in [3.05, 3.63) is 95.8 Å². The van der Waals surface area contributed by atoms with E-state index in [1.807, 2.05) is 60.7 Å².